The van der Waals surface area contributed by atoms with Gasteiger partial charge in [0, 0.05) is 26.3 Å². The fourth-order valence-corrected chi connectivity index (χ4v) is 3.29. The van der Waals surface area contributed by atoms with E-state index in [-0.39, 0.29) is 11.9 Å². The van der Waals surface area contributed by atoms with Gasteiger partial charge < -0.3 is 20.7 Å². The van der Waals surface area contributed by atoms with Gasteiger partial charge in [0.25, 0.3) is 0 Å². The zero-order valence-corrected chi connectivity index (χ0v) is 16.6. The third-order valence-electron chi connectivity index (χ3n) is 4.74. The van der Waals surface area contributed by atoms with Crippen LogP contribution in [0.5, 0.6) is 0 Å². The molecule has 27 heavy (non-hydrogen) atoms. The topological polar surface area (TPSA) is 79.5 Å². The zero-order chi connectivity index (χ0) is 19.5. The number of urea groups is 1. The molecule has 150 valence electrons. The van der Waals surface area contributed by atoms with Crippen LogP contribution >= 0.6 is 0 Å². The zero-order valence-electron chi connectivity index (χ0n) is 16.6. The number of carbonyl (C=O) groups excluding carboxylic acids is 2. The van der Waals surface area contributed by atoms with E-state index in [1.54, 1.807) is 0 Å². The van der Waals surface area contributed by atoms with Crippen LogP contribution in [0.4, 0.5) is 4.79 Å². The second kappa shape index (κ2) is 10.9. The molecular formula is C21H33N3O3. The van der Waals surface area contributed by atoms with Crippen molar-refractivity contribution in [1.82, 2.24) is 16.0 Å². The molecule has 0 bridgehead atoms. The number of hydrogen-bond acceptors (Lipinski definition) is 3. The number of benzene rings is 1. The summed E-state index contributed by atoms with van der Waals surface area (Å²) in [5, 5.41) is 8.76. The SMILES string of the molecule is CC(C)COCCCNC(=O)C1(NC(=O)NCc2ccccc2)CCCC1. The summed E-state index contributed by atoms with van der Waals surface area (Å²) in [6, 6.07) is 9.43. The molecule has 3 amide bonds. The van der Waals surface area contributed by atoms with Crippen molar-refractivity contribution in [2.24, 2.45) is 5.92 Å². The average molecular weight is 376 g/mol. The van der Waals surface area contributed by atoms with E-state index in [4.69, 9.17) is 4.74 Å². The minimum Gasteiger partial charge on any atom is -0.381 e. The first-order chi connectivity index (χ1) is 13.0. The molecule has 1 aliphatic carbocycles. The maximum Gasteiger partial charge on any atom is 0.315 e. The van der Waals surface area contributed by atoms with E-state index in [0.29, 0.717) is 38.5 Å². The van der Waals surface area contributed by atoms with Gasteiger partial charge in [-0.3, -0.25) is 4.79 Å². The van der Waals surface area contributed by atoms with E-state index in [0.717, 1.165) is 31.4 Å². The number of rotatable bonds is 10. The van der Waals surface area contributed by atoms with Gasteiger partial charge in [-0.25, -0.2) is 4.79 Å². The summed E-state index contributed by atoms with van der Waals surface area (Å²) in [4.78, 5) is 25.1. The van der Waals surface area contributed by atoms with Crippen molar-refractivity contribution in [1.29, 1.82) is 0 Å². The summed E-state index contributed by atoms with van der Waals surface area (Å²) in [6.45, 7) is 6.60. The molecule has 3 N–H and O–H groups in total. The lowest BCUT2D eigenvalue weighted by Crippen LogP contribution is -2.59. The van der Waals surface area contributed by atoms with Gasteiger partial charge in [-0.15, -0.1) is 0 Å². The minimum absolute atomic E-state index is 0.0845. The maximum atomic E-state index is 12.7. The molecule has 1 fully saturated rings. The third kappa shape index (κ3) is 7.21. The first-order valence-electron chi connectivity index (χ1n) is 9.98. The normalized spacial score (nSPS) is 15.5. The van der Waals surface area contributed by atoms with E-state index in [1.807, 2.05) is 30.3 Å². The Balaban J connectivity index is 1.76. The molecule has 0 unspecified atom stereocenters. The van der Waals surface area contributed by atoms with Gasteiger partial charge in [0.05, 0.1) is 0 Å². The quantitative estimate of drug-likeness (QED) is 0.550. The van der Waals surface area contributed by atoms with Crippen LogP contribution in [0.15, 0.2) is 30.3 Å². The van der Waals surface area contributed by atoms with Crippen molar-refractivity contribution in [3.63, 3.8) is 0 Å². The van der Waals surface area contributed by atoms with E-state index in [2.05, 4.69) is 29.8 Å². The highest BCUT2D eigenvalue weighted by Gasteiger charge is 2.42. The van der Waals surface area contributed by atoms with Crippen molar-refractivity contribution < 1.29 is 14.3 Å². The van der Waals surface area contributed by atoms with Crippen LogP contribution < -0.4 is 16.0 Å². The molecule has 0 spiro atoms. The molecule has 0 saturated heterocycles. The Kier molecular flexibility index (Phi) is 8.58. The highest BCUT2D eigenvalue weighted by Crippen LogP contribution is 2.29. The van der Waals surface area contributed by atoms with Crippen LogP contribution in [0.3, 0.4) is 0 Å². The molecule has 1 saturated carbocycles. The molecule has 6 heteroatoms. The van der Waals surface area contributed by atoms with E-state index < -0.39 is 5.54 Å². The van der Waals surface area contributed by atoms with Crippen LogP contribution in [0.25, 0.3) is 0 Å². The first-order valence-corrected chi connectivity index (χ1v) is 9.98. The molecule has 2 rings (SSSR count). The van der Waals surface area contributed by atoms with Crippen LogP contribution in [-0.4, -0.2) is 37.2 Å². The maximum absolute atomic E-state index is 12.7. The Morgan fingerprint density at radius 2 is 1.81 bits per heavy atom. The van der Waals surface area contributed by atoms with Gasteiger partial charge in [-0.2, -0.15) is 0 Å². The van der Waals surface area contributed by atoms with E-state index in [1.165, 1.54) is 0 Å². The number of ether oxygens (including phenoxy) is 1. The molecule has 1 aliphatic rings. The fourth-order valence-electron chi connectivity index (χ4n) is 3.29. The standard InChI is InChI=1S/C21H33N3O3/c1-17(2)16-27-14-8-13-22-19(25)21(11-6-7-12-21)24-20(26)23-15-18-9-4-3-5-10-18/h3-5,9-10,17H,6-8,11-16H2,1-2H3,(H,22,25)(H2,23,24,26). The Morgan fingerprint density at radius 3 is 2.48 bits per heavy atom. The fraction of sp³-hybridized carbons (Fsp3) is 0.619. The number of amides is 3. The molecule has 0 radical (unpaired) electrons. The van der Waals surface area contributed by atoms with Gasteiger partial charge in [0.15, 0.2) is 0 Å². The molecule has 0 heterocycles. The molecule has 1 aromatic carbocycles. The summed E-state index contributed by atoms with van der Waals surface area (Å²) in [6.07, 6.45) is 4.03. The largest absolute Gasteiger partial charge is 0.381 e. The highest BCUT2D eigenvalue weighted by atomic mass is 16.5. The van der Waals surface area contributed by atoms with Crippen molar-refractivity contribution in [3.8, 4) is 0 Å². The minimum atomic E-state index is -0.792. The van der Waals surface area contributed by atoms with Crippen molar-refractivity contribution in [3.05, 3.63) is 35.9 Å². The lowest BCUT2D eigenvalue weighted by Gasteiger charge is -2.29. The summed E-state index contributed by atoms with van der Waals surface area (Å²) < 4.78 is 5.54. The lowest BCUT2D eigenvalue weighted by molar-refractivity contribution is -0.127. The molecule has 1 aromatic rings. The second-order valence-corrected chi connectivity index (χ2v) is 7.66. The van der Waals surface area contributed by atoms with Crippen molar-refractivity contribution >= 4 is 11.9 Å². The smallest absolute Gasteiger partial charge is 0.315 e. The number of nitrogens with one attached hydrogen (secondary N) is 3. The molecular weight excluding hydrogens is 342 g/mol. The Hall–Kier alpha value is -2.08. The average Bonchev–Trinajstić information content (AvgIpc) is 3.13. The summed E-state index contributed by atoms with van der Waals surface area (Å²) in [7, 11) is 0. The summed E-state index contributed by atoms with van der Waals surface area (Å²) in [5.41, 5.74) is 0.235. The number of hydrogen-bond donors (Lipinski definition) is 3. The van der Waals surface area contributed by atoms with Crippen molar-refractivity contribution in [2.45, 2.75) is 58.0 Å². The lowest BCUT2D eigenvalue weighted by atomic mass is 9.96. The van der Waals surface area contributed by atoms with E-state index in [9.17, 15) is 9.59 Å². The van der Waals surface area contributed by atoms with Gasteiger partial charge in [-0.1, -0.05) is 57.0 Å². The number of carbonyl (C=O) groups is 2. The van der Waals surface area contributed by atoms with E-state index >= 15 is 0 Å². The predicted octanol–water partition coefficient (Wildman–Crippen LogP) is 2.98. The van der Waals surface area contributed by atoms with Crippen LogP contribution in [0, 0.1) is 5.92 Å². The molecule has 0 aliphatic heterocycles. The van der Waals surface area contributed by atoms with Crippen LogP contribution in [-0.2, 0) is 16.1 Å². The van der Waals surface area contributed by atoms with Gasteiger partial charge in [-0.05, 0) is 30.7 Å². The van der Waals surface area contributed by atoms with Crippen molar-refractivity contribution in [2.75, 3.05) is 19.8 Å². The molecule has 0 atom stereocenters. The monoisotopic (exact) mass is 375 g/mol. The van der Waals surface area contributed by atoms with Gasteiger partial charge in [0.2, 0.25) is 5.91 Å². The Bertz CT molecular complexity index is 584. The van der Waals surface area contributed by atoms with Gasteiger partial charge in [0.1, 0.15) is 5.54 Å². The predicted molar refractivity (Wildman–Crippen MR) is 106 cm³/mol. The third-order valence-corrected chi connectivity index (χ3v) is 4.74. The van der Waals surface area contributed by atoms with Gasteiger partial charge >= 0.3 is 6.03 Å². The Labute approximate surface area is 162 Å². The summed E-state index contributed by atoms with van der Waals surface area (Å²) >= 11 is 0. The summed E-state index contributed by atoms with van der Waals surface area (Å²) in [5.74, 6) is 0.429. The van der Waals surface area contributed by atoms with Crippen LogP contribution in [0.2, 0.25) is 0 Å². The van der Waals surface area contributed by atoms with Crippen LogP contribution in [0.1, 0.15) is 51.5 Å². The first kappa shape index (κ1) is 21.2. The highest BCUT2D eigenvalue weighted by molar-refractivity contribution is 5.91. The Morgan fingerprint density at radius 1 is 1.11 bits per heavy atom. The molecule has 0 aromatic heterocycles. The molecule has 6 nitrogen and oxygen atoms in total. The second-order valence-electron chi connectivity index (χ2n) is 7.66.